The molecule has 1 rings (SSSR count). The van der Waals surface area contributed by atoms with Gasteiger partial charge in [-0.15, -0.1) is 0 Å². The molecule has 0 aliphatic heterocycles. The SMILES string of the molecule is COC(=O)C(/C=C/c1ccc(C(F)(F)F)cc1C(F)(F)F)=[N+]=[N-]. The van der Waals surface area contributed by atoms with Gasteiger partial charge in [0.1, 0.15) is 0 Å². The second-order valence-corrected chi connectivity index (χ2v) is 4.11. The lowest BCUT2D eigenvalue weighted by molar-refractivity contribution is -0.143. The van der Waals surface area contributed by atoms with Crippen molar-refractivity contribution in [2.75, 3.05) is 7.11 Å². The van der Waals surface area contributed by atoms with E-state index in [9.17, 15) is 31.1 Å². The van der Waals surface area contributed by atoms with Gasteiger partial charge in [-0.05, 0) is 23.8 Å². The Morgan fingerprint density at radius 3 is 2.22 bits per heavy atom. The lowest BCUT2D eigenvalue weighted by Gasteiger charge is -2.13. The summed E-state index contributed by atoms with van der Waals surface area (Å²) in [5, 5.41) is 0. The molecule has 0 aliphatic rings. The van der Waals surface area contributed by atoms with Crippen LogP contribution in [0.2, 0.25) is 0 Å². The molecule has 23 heavy (non-hydrogen) atoms. The maximum atomic E-state index is 12.9. The first kappa shape index (κ1) is 18.4. The monoisotopic (exact) mass is 338 g/mol. The number of halogens is 6. The lowest BCUT2D eigenvalue weighted by Crippen LogP contribution is -2.14. The minimum atomic E-state index is -5.05. The summed E-state index contributed by atoms with van der Waals surface area (Å²) in [6, 6.07) is 1.00. The van der Waals surface area contributed by atoms with Crippen LogP contribution >= 0.6 is 0 Å². The Labute approximate surface area is 125 Å². The van der Waals surface area contributed by atoms with Crippen LogP contribution in [0.3, 0.4) is 0 Å². The summed E-state index contributed by atoms with van der Waals surface area (Å²) in [6.07, 6.45) is -8.62. The van der Waals surface area contributed by atoms with Crippen LogP contribution in [0.15, 0.2) is 24.3 Å². The smallest absolute Gasteiger partial charge is 0.421 e. The number of hydrogen-bond acceptors (Lipinski definition) is 2. The summed E-state index contributed by atoms with van der Waals surface area (Å²) in [4.78, 5) is 13.6. The average molecular weight is 338 g/mol. The van der Waals surface area contributed by atoms with Crippen molar-refractivity contribution < 1.29 is 40.7 Å². The standard InChI is InChI=1S/C13H8F6N2O2/c1-23-11(22)10(21-20)5-3-7-2-4-8(12(14,15)16)6-9(7)13(17,18)19/h2-6H,1H3/b5-3+. The number of hydrogen-bond donors (Lipinski definition) is 0. The fourth-order valence-corrected chi connectivity index (χ4v) is 1.54. The molecule has 0 aromatic heterocycles. The minimum absolute atomic E-state index is 0.0480. The van der Waals surface area contributed by atoms with Crippen molar-refractivity contribution >= 4 is 17.8 Å². The van der Waals surface area contributed by atoms with Gasteiger partial charge in [-0.1, -0.05) is 6.07 Å². The maximum Gasteiger partial charge on any atom is 0.421 e. The van der Waals surface area contributed by atoms with Gasteiger partial charge < -0.3 is 10.3 Å². The first-order chi connectivity index (χ1) is 10.5. The highest BCUT2D eigenvalue weighted by Gasteiger charge is 2.37. The highest BCUT2D eigenvalue weighted by atomic mass is 19.4. The van der Waals surface area contributed by atoms with Gasteiger partial charge in [0.15, 0.2) is 0 Å². The molecule has 0 saturated heterocycles. The van der Waals surface area contributed by atoms with Crippen LogP contribution in [0.25, 0.3) is 11.6 Å². The molecule has 4 nitrogen and oxygen atoms in total. The molecule has 1 aromatic carbocycles. The quantitative estimate of drug-likeness (QED) is 0.278. The fraction of sp³-hybridized carbons (Fsp3) is 0.231. The van der Waals surface area contributed by atoms with Gasteiger partial charge in [-0.2, -0.15) is 31.1 Å². The number of esters is 1. The van der Waals surface area contributed by atoms with E-state index in [1.165, 1.54) is 0 Å². The van der Waals surface area contributed by atoms with Gasteiger partial charge in [0.25, 0.3) is 0 Å². The molecule has 0 fully saturated rings. The van der Waals surface area contributed by atoms with Crippen molar-refractivity contribution in [1.29, 1.82) is 0 Å². The Balaban J connectivity index is 3.37. The Morgan fingerprint density at radius 1 is 1.17 bits per heavy atom. The van der Waals surface area contributed by atoms with E-state index in [-0.39, 0.29) is 6.07 Å². The van der Waals surface area contributed by atoms with E-state index in [1.54, 1.807) is 0 Å². The van der Waals surface area contributed by atoms with Crippen molar-refractivity contribution in [3.8, 4) is 0 Å². The Bertz CT molecular complexity index is 685. The third kappa shape index (κ3) is 4.68. The minimum Gasteiger partial charge on any atom is -0.460 e. The number of ether oxygens (including phenoxy) is 1. The lowest BCUT2D eigenvalue weighted by atomic mass is 10.0. The first-order valence-electron chi connectivity index (χ1n) is 5.77. The van der Waals surface area contributed by atoms with Crippen molar-refractivity contribution in [2.24, 2.45) is 0 Å². The van der Waals surface area contributed by atoms with E-state index in [4.69, 9.17) is 5.53 Å². The van der Waals surface area contributed by atoms with Crippen LogP contribution in [0.5, 0.6) is 0 Å². The zero-order valence-corrected chi connectivity index (χ0v) is 11.4. The molecule has 0 N–H and O–H groups in total. The predicted molar refractivity (Wildman–Crippen MR) is 66.1 cm³/mol. The van der Waals surface area contributed by atoms with E-state index in [0.717, 1.165) is 7.11 Å². The van der Waals surface area contributed by atoms with E-state index in [1.807, 2.05) is 0 Å². The van der Waals surface area contributed by atoms with Crippen LogP contribution in [-0.2, 0) is 21.9 Å². The van der Waals surface area contributed by atoms with E-state index >= 15 is 0 Å². The number of carbonyl (C=O) groups is 1. The summed E-state index contributed by atoms with van der Waals surface area (Å²) in [6.45, 7) is 0. The average Bonchev–Trinajstić information content (AvgIpc) is 2.45. The van der Waals surface area contributed by atoms with E-state index in [0.29, 0.717) is 24.3 Å². The molecule has 0 amide bonds. The van der Waals surface area contributed by atoms with E-state index in [2.05, 4.69) is 9.53 Å². The van der Waals surface area contributed by atoms with Crippen molar-refractivity contribution in [3.05, 3.63) is 46.5 Å². The van der Waals surface area contributed by atoms with Gasteiger partial charge in [0.2, 0.25) is 0 Å². The molecule has 0 heterocycles. The number of nitrogens with zero attached hydrogens (tertiary/aromatic N) is 2. The van der Waals surface area contributed by atoms with Crippen LogP contribution in [0.1, 0.15) is 16.7 Å². The molecule has 0 atom stereocenters. The van der Waals surface area contributed by atoms with Crippen LogP contribution in [0.4, 0.5) is 26.3 Å². The summed E-state index contributed by atoms with van der Waals surface area (Å²) in [5.74, 6) is -1.13. The van der Waals surface area contributed by atoms with Gasteiger partial charge in [0.05, 0.1) is 18.2 Å². The number of methoxy groups -OCH3 is 1. The zero-order chi connectivity index (χ0) is 17.8. The predicted octanol–water partition coefficient (Wildman–Crippen LogP) is 3.58. The number of benzene rings is 1. The summed E-state index contributed by atoms with van der Waals surface area (Å²) < 4.78 is 80.4. The second-order valence-electron chi connectivity index (χ2n) is 4.11. The van der Waals surface area contributed by atoms with Crippen LogP contribution in [-0.4, -0.2) is 23.6 Å². The fourth-order valence-electron chi connectivity index (χ4n) is 1.54. The van der Waals surface area contributed by atoms with Gasteiger partial charge >= 0.3 is 24.0 Å². The topological polar surface area (TPSA) is 62.7 Å². The normalized spacial score (nSPS) is 12.1. The van der Waals surface area contributed by atoms with Crippen LogP contribution < -0.4 is 0 Å². The molecule has 0 aliphatic carbocycles. The molecular formula is C13H8F6N2O2. The second kappa shape index (κ2) is 6.66. The molecular weight excluding hydrogens is 330 g/mol. The number of rotatable bonds is 3. The maximum absolute atomic E-state index is 12.9. The van der Waals surface area contributed by atoms with Gasteiger partial charge in [-0.3, -0.25) is 0 Å². The third-order valence-electron chi connectivity index (χ3n) is 2.61. The Morgan fingerprint density at radius 2 is 1.78 bits per heavy atom. The Kier molecular flexibility index (Phi) is 5.34. The molecule has 124 valence electrons. The van der Waals surface area contributed by atoms with Crippen LogP contribution in [0, 0.1) is 0 Å². The van der Waals surface area contributed by atoms with Crippen molar-refractivity contribution in [3.63, 3.8) is 0 Å². The van der Waals surface area contributed by atoms with E-state index < -0.39 is 40.7 Å². The zero-order valence-electron chi connectivity index (χ0n) is 11.4. The summed E-state index contributed by atoms with van der Waals surface area (Å²) in [7, 11) is 0.945. The molecule has 0 unspecified atom stereocenters. The number of alkyl halides is 6. The Hall–Kier alpha value is -2.61. The molecule has 0 spiro atoms. The molecule has 10 heteroatoms. The molecule has 0 radical (unpaired) electrons. The molecule has 0 saturated carbocycles. The highest BCUT2D eigenvalue weighted by Crippen LogP contribution is 2.37. The summed E-state index contributed by atoms with van der Waals surface area (Å²) in [5.41, 5.74) is 4.17. The van der Waals surface area contributed by atoms with Gasteiger partial charge in [-0.25, -0.2) is 4.79 Å². The number of carbonyl (C=O) groups excluding carboxylic acids is 1. The van der Waals surface area contributed by atoms with Crippen molar-refractivity contribution in [2.45, 2.75) is 12.4 Å². The third-order valence-corrected chi connectivity index (χ3v) is 2.61. The summed E-state index contributed by atoms with van der Waals surface area (Å²) >= 11 is 0. The molecule has 0 bridgehead atoms. The van der Waals surface area contributed by atoms with Gasteiger partial charge in [0, 0.05) is 6.08 Å². The highest BCUT2D eigenvalue weighted by molar-refractivity contribution is 6.39. The van der Waals surface area contributed by atoms with Crippen molar-refractivity contribution in [1.82, 2.24) is 0 Å². The largest absolute Gasteiger partial charge is 0.460 e. The molecule has 1 aromatic rings. The first-order valence-corrected chi connectivity index (χ1v) is 5.77.